The minimum atomic E-state index is -2.56. The molecule has 0 radical (unpaired) electrons. The first-order valence-electron chi connectivity index (χ1n) is 5.83. The summed E-state index contributed by atoms with van der Waals surface area (Å²) in [5.41, 5.74) is 0.246. The van der Waals surface area contributed by atoms with Gasteiger partial charge in [-0.15, -0.1) is 0 Å². The van der Waals surface area contributed by atoms with Gasteiger partial charge in [-0.25, -0.2) is 4.98 Å². The van der Waals surface area contributed by atoms with E-state index >= 15 is 0 Å². The Balaban J connectivity index is 1.94. The Morgan fingerprint density at radius 3 is 2.90 bits per heavy atom. The molecule has 0 atom stereocenters. The van der Waals surface area contributed by atoms with Crippen LogP contribution in [0.3, 0.4) is 0 Å². The second-order valence-electron chi connectivity index (χ2n) is 3.81. The van der Waals surface area contributed by atoms with E-state index in [9.17, 15) is 13.6 Å². The van der Waals surface area contributed by atoms with Crippen molar-refractivity contribution in [3.63, 3.8) is 0 Å². The molecule has 0 saturated carbocycles. The Labute approximate surface area is 118 Å². The van der Waals surface area contributed by atoms with E-state index in [1.165, 1.54) is 18.5 Å². The third kappa shape index (κ3) is 4.02. The number of nitrogens with zero attached hydrogens (tertiary/aromatic N) is 2. The van der Waals surface area contributed by atoms with Gasteiger partial charge >= 0.3 is 0 Å². The van der Waals surface area contributed by atoms with Crippen LogP contribution in [0.1, 0.15) is 16.2 Å². The molecule has 0 aliphatic carbocycles. The number of rotatable bonds is 6. The van der Waals surface area contributed by atoms with Crippen LogP contribution in [0.15, 0.2) is 35.5 Å². The maximum absolute atomic E-state index is 12.4. The zero-order valence-electron chi connectivity index (χ0n) is 10.3. The van der Waals surface area contributed by atoms with Gasteiger partial charge in [0.25, 0.3) is 11.7 Å². The maximum atomic E-state index is 12.4. The number of hydrogen-bond acceptors (Lipinski definition) is 4. The van der Waals surface area contributed by atoms with E-state index in [0.717, 1.165) is 0 Å². The molecule has 8 heteroatoms. The lowest BCUT2D eigenvalue weighted by Gasteiger charge is -2.08. The molecule has 0 aliphatic heterocycles. The molecule has 2 N–H and O–H groups in total. The van der Waals surface area contributed by atoms with E-state index in [2.05, 4.69) is 20.5 Å². The highest BCUT2D eigenvalue weighted by Crippen LogP contribution is 2.28. The summed E-state index contributed by atoms with van der Waals surface area (Å²) in [4.78, 5) is 16.1. The Morgan fingerprint density at radius 1 is 1.40 bits per heavy atom. The highest BCUT2D eigenvalue weighted by molar-refractivity contribution is 7.99. The molecule has 0 unspecified atom stereocenters. The number of aromatic nitrogens is 3. The molecule has 0 fully saturated rings. The smallest absolute Gasteiger partial charge is 0.288 e. The summed E-state index contributed by atoms with van der Waals surface area (Å²) in [5, 5.41) is 9.03. The summed E-state index contributed by atoms with van der Waals surface area (Å²) >= 11 is 0.362. The molecule has 1 heterocycles. The molecule has 106 valence electrons. The average molecular weight is 298 g/mol. The quantitative estimate of drug-likeness (QED) is 0.801. The molecular weight excluding hydrogens is 286 g/mol. The fourth-order valence-corrected chi connectivity index (χ4v) is 2.23. The Morgan fingerprint density at radius 2 is 2.20 bits per heavy atom. The number of hydrogen-bond donors (Lipinski definition) is 2. The first-order valence-corrected chi connectivity index (χ1v) is 6.71. The minimum Gasteiger partial charge on any atom is -0.352 e. The number of carbonyl (C=O) groups excluding carboxylic acids is 1. The van der Waals surface area contributed by atoms with Crippen molar-refractivity contribution in [2.75, 3.05) is 6.54 Å². The van der Waals surface area contributed by atoms with Gasteiger partial charge < -0.3 is 5.32 Å². The van der Waals surface area contributed by atoms with Crippen molar-refractivity contribution in [2.24, 2.45) is 0 Å². The Bertz CT molecular complexity index is 562. The van der Waals surface area contributed by atoms with E-state index in [0.29, 0.717) is 30.6 Å². The zero-order valence-corrected chi connectivity index (χ0v) is 11.2. The fraction of sp³-hybridized carbons (Fsp3) is 0.250. The lowest BCUT2D eigenvalue weighted by atomic mass is 10.2. The molecule has 1 aromatic carbocycles. The number of halogens is 2. The van der Waals surface area contributed by atoms with E-state index in [1.807, 2.05) is 0 Å². The Hall–Kier alpha value is -1.96. The summed E-state index contributed by atoms with van der Waals surface area (Å²) in [6.45, 7) is 0.349. The number of amides is 1. The van der Waals surface area contributed by atoms with Crippen LogP contribution in [-0.2, 0) is 6.42 Å². The molecule has 2 rings (SSSR count). The standard InChI is InChI=1S/C12H12F2N4OS/c13-12(14)20-9-4-2-1-3-8(9)11(19)15-6-5-10-16-7-17-18-10/h1-4,7,12H,5-6H2,(H,15,19)(H,16,17,18). The van der Waals surface area contributed by atoms with Gasteiger partial charge in [-0.2, -0.15) is 13.9 Å². The van der Waals surface area contributed by atoms with Gasteiger partial charge in [-0.3, -0.25) is 9.89 Å². The van der Waals surface area contributed by atoms with Crippen molar-refractivity contribution in [3.05, 3.63) is 42.0 Å². The van der Waals surface area contributed by atoms with Crippen LogP contribution < -0.4 is 5.32 Å². The number of nitrogens with one attached hydrogen (secondary N) is 2. The lowest BCUT2D eigenvalue weighted by molar-refractivity contribution is 0.0951. The number of carbonyl (C=O) groups is 1. The van der Waals surface area contributed by atoms with Gasteiger partial charge in [0.05, 0.1) is 5.56 Å². The third-order valence-corrected chi connectivity index (χ3v) is 3.25. The van der Waals surface area contributed by atoms with Gasteiger partial charge in [0.1, 0.15) is 12.2 Å². The largest absolute Gasteiger partial charge is 0.352 e. The molecule has 0 saturated heterocycles. The molecule has 20 heavy (non-hydrogen) atoms. The van der Waals surface area contributed by atoms with Crippen molar-refractivity contribution >= 4 is 17.7 Å². The molecule has 2 aromatic rings. The predicted molar refractivity (Wildman–Crippen MR) is 70.7 cm³/mol. The Kier molecular flexibility index (Phi) is 5.05. The molecule has 5 nitrogen and oxygen atoms in total. The number of benzene rings is 1. The SMILES string of the molecule is O=C(NCCc1ncn[nH]1)c1ccccc1SC(F)F. The van der Waals surface area contributed by atoms with Gasteiger partial charge in [0, 0.05) is 17.9 Å². The molecule has 1 amide bonds. The van der Waals surface area contributed by atoms with Crippen molar-refractivity contribution in [3.8, 4) is 0 Å². The summed E-state index contributed by atoms with van der Waals surface area (Å²) in [6, 6.07) is 6.29. The van der Waals surface area contributed by atoms with Crippen molar-refractivity contribution in [1.82, 2.24) is 20.5 Å². The number of thioether (sulfide) groups is 1. The fourth-order valence-electron chi connectivity index (χ4n) is 1.59. The second kappa shape index (κ2) is 6.99. The van der Waals surface area contributed by atoms with Crippen LogP contribution in [0.4, 0.5) is 8.78 Å². The van der Waals surface area contributed by atoms with E-state index in [1.54, 1.807) is 12.1 Å². The van der Waals surface area contributed by atoms with Gasteiger partial charge in [-0.1, -0.05) is 23.9 Å². The van der Waals surface area contributed by atoms with Crippen LogP contribution >= 0.6 is 11.8 Å². The van der Waals surface area contributed by atoms with Crippen LogP contribution in [0.25, 0.3) is 0 Å². The molecule has 1 aromatic heterocycles. The number of H-pyrrole nitrogens is 1. The molecule has 0 aliphatic rings. The second-order valence-corrected chi connectivity index (χ2v) is 4.84. The third-order valence-electron chi connectivity index (χ3n) is 2.46. The molecule has 0 spiro atoms. The van der Waals surface area contributed by atoms with E-state index in [-0.39, 0.29) is 16.4 Å². The average Bonchev–Trinajstić information content (AvgIpc) is 2.91. The van der Waals surface area contributed by atoms with Crippen LogP contribution in [0, 0.1) is 0 Å². The summed E-state index contributed by atoms with van der Waals surface area (Å²) in [6.07, 6.45) is 1.88. The van der Waals surface area contributed by atoms with Gasteiger partial charge in [0.15, 0.2) is 0 Å². The summed E-state index contributed by atoms with van der Waals surface area (Å²) < 4.78 is 24.8. The van der Waals surface area contributed by atoms with Gasteiger partial charge in [0.2, 0.25) is 0 Å². The van der Waals surface area contributed by atoms with Crippen LogP contribution in [-0.4, -0.2) is 33.4 Å². The predicted octanol–water partition coefficient (Wildman–Crippen LogP) is 2.09. The first kappa shape index (κ1) is 14.4. The van der Waals surface area contributed by atoms with E-state index in [4.69, 9.17) is 0 Å². The van der Waals surface area contributed by atoms with Gasteiger partial charge in [-0.05, 0) is 12.1 Å². The molecule has 0 bridgehead atoms. The lowest BCUT2D eigenvalue weighted by Crippen LogP contribution is -2.26. The zero-order chi connectivity index (χ0) is 14.4. The highest BCUT2D eigenvalue weighted by Gasteiger charge is 2.14. The summed E-state index contributed by atoms with van der Waals surface area (Å²) in [5.74, 6) is -2.29. The van der Waals surface area contributed by atoms with Crippen molar-refractivity contribution in [1.29, 1.82) is 0 Å². The first-order chi connectivity index (χ1) is 9.66. The highest BCUT2D eigenvalue weighted by atomic mass is 32.2. The van der Waals surface area contributed by atoms with Crippen LogP contribution in [0.5, 0.6) is 0 Å². The van der Waals surface area contributed by atoms with E-state index < -0.39 is 5.76 Å². The summed E-state index contributed by atoms with van der Waals surface area (Å²) in [7, 11) is 0. The van der Waals surface area contributed by atoms with Crippen LogP contribution in [0.2, 0.25) is 0 Å². The minimum absolute atomic E-state index is 0.246. The van der Waals surface area contributed by atoms with Crippen molar-refractivity contribution < 1.29 is 13.6 Å². The normalized spacial score (nSPS) is 10.8. The van der Waals surface area contributed by atoms with Crippen molar-refractivity contribution in [2.45, 2.75) is 17.1 Å². The number of aromatic amines is 1. The maximum Gasteiger partial charge on any atom is 0.288 e. The molecular formula is C12H12F2N4OS. The topological polar surface area (TPSA) is 70.7 Å². The monoisotopic (exact) mass is 298 g/mol. The number of alkyl halides is 2.